The molecule has 6 nitrogen and oxygen atoms in total. The maximum absolute atomic E-state index is 11.8. The molecule has 0 atom stereocenters. The van der Waals surface area contributed by atoms with Crippen molar-refractivity contribution in [2.24, 2.45) is 5.92 Å². The number of nitriles is 1. The Morgan fingerprint density at radius 2 is 1.76 bits per heavy atom. The largest absolute Gasteiger partial charge is 0.335 e. The van der Waals surface area contributed by atoms with E-state index in [0.717, 1.165) is 51.6 Å². The Hall–Kier alpha value is -1.61. The minimum Gasteiger partial charge on any atom is -0.335 e. The zero-order valence-electron chi connectivity index (χ0n) is 12.4. The number of imide groups is 1. The summed E-state index contributed by atoms with van der Waals surface area (Å²) in [7, 11) is 0. The molecule has 0 aromatic heterocycles. The Bertz CT molecular complexity index is 404. The second-order valence-corrected chi connectivity index (χ2v) is 6.04. The van der Waals surface area contributed by atoms with E-state index < -0.39 is 0 Å². The summed E-state index contributed by atoms with van der Waals surface area (Å²) >= 11 is 0. The predicted octanol–water partition coefficient (Wildman–Crippen LogP) is 1.38. The molecule has 2 fully saturated rings. The van der Waals surface area contributed by atoms with Crippen LogP contribution in [0, 0.1) is 17.2 Å². The first-order chi connectivity index (χ1) is 10.2. The number of hydrogen-bond donors (Lipinski definition) is 2. The van der Waals surface area contributed by atoms with E-state index in [9.17, 15) is 9.59 Å². The number of carbonyl (C=O) groups is 2. The van der Waals surface area contributed by atoms with Gasteiger partial charge in [-0.2, -0.15) is 5.26 Å². The van der Waals surface area contributed by atoms with Crippen LogP contribution >= 0.6 is 0 Å². The molecule has 1 aliphatic heterocycles. The van der Waals surface area contributed by atoms with Crippen molar-refractivity contribution in [3.05, 3.63) is 0 Å². The minimum atomic E-state index is -0.376. The van der Waals surface area contributed by atoms with Crippen LogP contribution in [0.1, 0.15) is 44.9 Å². The molecule has 21 heavy (non-hydrogen) atoms. The topological polar surface area (TPSA) is 85.2 Å². The highest BCUT2D eigenvalue weighted by atomic mass is 16.2. The first-order valence-corrected chi connectivity index (χ1v) is 7.89. The van der Waals surface area contributed by atoms with Crippen LogP contribution in [0.2, 0.25) is 0 Å². The summed E-state index contributed by atoms with van der Waals surface area (Å²) in [5.74, 6) is -0.155. The lowest BCUT2D eigenvalue weighted by atomic mass is 9.96. The maximum atomic E-state index is 11.8. The van der Waals surface area contributed by atoms with Gasteiger partial charge in [0, 0.05) is 12.0 Å². The van der Waals surface area contributed by atoms with Crippen molar-refractivity contribution < 1.29 is 9.59 Å². The first kappa shape index (κ1) is 15.8. The number of hydrogen-bond acceptors (Lipinski definition) is 4. The van der Waals surface area contributed by atoms with Crippen LogP contribution in [-0.2, 0) is 4.79 Å². The number of carbonyl (C=O) groups excluding carboxylic acids is 2. The molecule has 2 rings (SSSR count). The third-order valence-electron chi connectivity index (χ3n) is 4.33. The van der Waals surface area contributed by atoms with Crippen molar-refractivity contribution in [1.82, 2.24) is 15.5 Å². The summed E-state index contributed by atoms with van der Waals surface area (Å²) in [5.41, 5.74) is 0. The van der Waals surface area contributed by atoms with Crippen molar-refractivity contribution in [3.63, 3.8) is 0 Å². The van der Waals surface area contributed by atoms with Gasteiger partial charge in [-0.3, -0.25) is 15.0 Å². The summed E-state index contributed by atoms with van der Waals surface area (Å²) in [6.45, 7) is 1.72. The monoisotopic (exact) mass is 292 g/mol. The van der Waals surface area contributed by atoms with Gasteiger partial charge in [0.05, 0.1) is 12.6 Å². The normalized spacial score (nSPS) is 21.5. The van der Waals surface area contributed by atoms with Gasteiger partial charge in [-0.05, 0) is 38.8 Å². The number of nitrogens with zero attached hydrogens (tertiary/aromatic N) is 2. The Morgan fingerprint density at radius 1 is 1.10 bits per heavy atom. The number of nitrogens with one attached hydrogen (secondary N) is 2. The summed E-state index contributed by atoms with van der Waals surface area (Å²) in [4.78, 5) is 25.6. The molecule has 0 aromatic carbocycles. The summed E-state index contributed by atoms with van der Waals surface area (Å²) in [6.07, 6.45) is 7.14. The molecule has 1 aliphatic carbocycles. The van der Waals surface area contributed by atoms with Crippen molar-refractivity contribution >= 4 is 11.9 Å². The van der Waals surface area contributed by atoms with Crippen LogP contribution in [0.3, 0.4) is 0 Å². The van der Waals surface area contributed by atoms with Gasteiger partial charge in [0.1, 0.15) is 0 Å². The molecule has 2 N–H and O–H groups in total. The van der Waals surface area contributed by atoms with E-state index in [1.807, 2.05) is 4.90 Å². The second-order valence-electron chi connectivity index (χ2n) is 6.04. The molecule has 1 saturated heterocycles. The van der Waals surface area contributed by atoms with Gasteiger partial charge in [0.25, 0.3) is 0 Å². The van der Waals surface area contributed by atoms with Crippen LogP contribution in [0.5, 0.6) is 0 Å². The Morgan fingerprint density at radius 3 is 2.38 bits per heavy atom. The van der Waals surface area contributed by atoms with E-state index in [1.165, 1.54) is 6.42 Å². The maximum Gasteiger partial charge on any atom is 0.321 e. The van der Waals surface area contributed by atoms with Gasteiger partial charge in [-0.1, -0.05) is 19.3 Å². The lowest BCUT2D eigenvalue weighted by molar-refractivity contribution is -0.121. The van der Waals surface area contributed by atoms with Crippen molar-refractivity contribution in [2.75, 3.05) is 19.6 Å². The zero-order chi connectivity index (χ0) is 15.1. The number of urea groups is 1. The molecule has 0 unspecified atom stereocenters. The van der Waals surface area contributed by atoms with E-state index in [0.29, 0.717) is 0 Å². The van der Waals surface area contributed by atoms with Crippen molar-refractivity contribution in [2.45, 2.75) is 51.0 Å². The lowest BCUT2D eigenvalue weighted by Crippen LogP contribution is -2.48. The predicted molar refractivity (Wildman–Crippen MR) is 78.3 cm³/mol. The fraction of sp³-hybridized carbons (Fsp3) is 0.800. The number of likely N-dealkylation sites (tertiary alicyclic amines) is 1. The van der Waals surface area contributed by atoms with E-state index >= 15 is 0 Å². The Labute approximate surface area is 125 Å². The standard InChI is InChI=1S/C15H24N4O2/c16-10-12-6-8-19(9-7-12)11-14(20)18-15(21)17-13-4-2-1-3-5-13/h12-13H,1-9,11H2,(H2,17,18,20,21). The third-order valence-corrected chi connectivity index (χ3v) is 4.33. The molecule has 3 amide bonds. The van der Waals surface area contributed by atoms with Crippen LogP contribution in [0.25, 0.3) is 0 Å². The molecular weight excluding hydrogens is 268 g/mol. The molecule has 2 aliphatic rings. The number of rotatable bonds is 3. The first-order valence-electron chi connectivity index (χ1n) is 7.89. The van der Waals surface area contributed by atoms with Crippen molar-refractivity contribution in [1.29, 1.82) is 5.26 Å². The van der Waals surface area contributed by atoms with Crippen molar-refractivity contribution in [3.8, 4) is 6.07 Å². The molecule has 0 radical (unpaired) electrons. The van der Waals surface area contributed by atoms with Gasteiger partial charge >= 0.3 is 6.03 Å². The molecule has 1 heterocycles. The number of piperidine rings is 1. The van der Waals surface area contributed by atoms with Gasteiger partial charge in [-0.15, -0.1) is 0 Å². The second kappa shape index (κ2) is 7.99. The SMILES string of the molecule is N#CC1CCN(CC(=O)NC(=O)NC2CCCCC2)CC1. The molecule has 0 aromatic rings. The Balaban J connectivity index is 1.64. The molecule has 0 spiro atoms. The fourth-order valence-electron chi connectivity index (χ4n) is 3.06. The minimum absolute atomic E-state index is 0.110. The smallest absolute Gasteiger partial charge is 0.321 e. The highest BCUT2D eigenvalue weighted by Crippen LogP contribution is 2.17. The highest BCUT2D eigenvalue weighted by Gasteiger charge is 2.22. The average Bonchev–Trinajstić information content (AvgIpc) is 2.48. The van der Waals surface area contributed by atoms with E-state index in [-0.39, 0.29) is 30.4 Å². The number of amides is 3. The molecular formula is C15H24N4O2. The lowest BCUT2D eigenvalue weighted by Gasteiger charge is -2.28. The Kier molecular flexibility index (Phi) is 6.00. The van der Waals surface area contributed by atoms with E-state index in [1.54, 1.807) is 0 Å². The van der Waals surface area contributed by atoms with Crippen LogP contribution in [0.4, 0.5) is 4.79 Å². The van der Waals surface area contributed by atoms with Gasteiger partial charge in [-0.25, -0.2) is 4.79 Å². The molecule has 116 valence electrons. The van der Waals surface area contributed by atoms with Gasteiger partial charge in [0.15, 0.2) is 0 Å². The molecule has 6 heteroatoms. The zero-order valence-corrected chi connectivity index (χ0v) is 12.4. The van der Waals surface area contributed by atoms with Crippen LogP contribution in [-0.4, -0.2) is 42.5 Å². The van der Waals surface area contributed by atoms with E-state index in [2.05, 4.69) is 16.7 Å². The molecule has 0 bridgehead atoms. The van der Waals surface area contributed by atoms with E-state index in [4.69, 9.17) is 5.26 Å². The highest BCUT2D eigenvalue weighted by molar-refractivity contribution is 5.95. The van der Waals surface area contributed by atoms with Crippen LogP contribution in [0.15, 0.2) is 0 Å². The summed E-state index contributed by atoms with van der Waals surface area (Å²) < 4.78 is 0. The molecule has 1 saturated carbocycles. The fourth-order valence-corrected chi connectivity index (χ4v) is 3.06. The van der Waals surface area contributed by atoms with Crippen LogP contribution < -0.4 is 10.6 Å². The quantitative estimate of drug-likeness (QED) is 0.823. The average molecular weight is 292 g/mol. The summed E-state index contributed by atoms with van der Waals surface area (Å²) in [5, 5.41) is 14.1. The van der Waals surface area contributed by atoms with Gasteiger partial charge < -0.3 is 5.32 Å². The third kappa shape index (κ3) is 5.35. The summed E-state index contributed by atoms with van der Waals surface area (Å²) in [6, 6.07) is 2.09. The van der Waals surface area contributed by atoms with Gasteiger partial charge in [0.2, 0.25) is 5.91 Å².